The van der Waals surface area contributed by atoms with Crippen molar-refractivity contribution in [2.45, 2.75) is 13.0 Å². The lowest BCUT2D eigenvalue weighted by Crippen LogP contribution is -2.37. The van der Waals surface area contributed by atoms with Crippen LogP contribution in [0.1, 0.15) is 22.3 Å². The van der Waals surface area contributed by atoms with E-state index in [2.05, 4.69) is 40.6 Å². The third-order valence-corrected chi connectivity index (χ3v) is 4.43. The van der Waals surface area contributed by atoms with Crippen LogP contribution in [0.25, 0.3) is 6.08 Å². The number of fused-ring (bicyclic) bond motifs is 1. The molecule has 4 nitrogen and oxygen atoms in total. The van der Waals surface area contributed by atoms with Crippen LogP contribution in [0.2, 0.25) is 0 Å². The average molecular weight is 331 g/mol. The van der Waals surface area contributed by atoms with Gasteiger partial charge >= 0.3 is 0 Å². The van der Waals surface area contributed by atoms with Gasteiger partial charge in [-0.25, -0.2) is 0 Å². The number of amides is 1. The van der Waals surface area contributed by atoms with Crippen molar-refractivity contribution < 1.29 is 4.79 Å². The molecule has 2 aromatic rings. The third-order valence-electron chi connectivity index (χ3n) is 4.43. The van der Waals surface area contributed by atoms with Gasteiger partial charge in [0.25, 0.3) is 0 Å². The zero-order valence-electron chi connectivity index (χ0n) is 14.1. The second-order valence-electron chi connectivity index (χ2n) is 6.12. The van der Waals surface area contributed by atoms with Crippen molar-refractivity contribution in [2.75, 3.05) is 19.6 Å². The summed E-state index contributed by atoms with van der Waals surface area (Å²) in [7, 11) is 0. The first-order valence-corrected chi connectivity index (χ1v) is 8.50. The van der Waals surface area contributed by atoms with Crippen molar-refractivity contribution in [2.24, 2.45) is 0 Å². The highest BCUT2D eigenvalue weighted by Gasteiger charge is 2.14. The fourth-order valence-corrected chi connectivity index (χ4v) is 3.05. The molecule has 0 saturated heterocycles. The molecule has 1 aliphatic heterocycles. The van der Waals surface area contributed by atoms with E-state index in [0.717, 1.165) is 31.6 Å². The number of rotatable bonds is 5. The zero-order valence-corrected chi connectivity index (χ0v) is 14.1. The molecule has 0 spiro atoms. The highest BCUT2D eigenvalue weighted by molar-refractivity contribution is 5.92. The van der Waals surface area contributed by atoms with Crippen LogP contribution < -0.4 is 5.32 Å². The number of benzene rings is 2. The first-order chi connectivity index (χ1) is 12.3. The summed E-state index contributed by atoms with van der Waals surface area (Å²) in [6.45, 7) is 3.42. The molecule has 0 fully saturated rings. The average Bonchev–Trinajstić information content (AvgIpc) is 2.66. The van der Waals surface area contributed by atoms with Crippen LogP contribution in [0.15, 0.2) is 54.6 Å². The van der Waals surface area contributed by atoms with E-state index in [0.29, 0.717) is 12.1 Å². The predicted octanol–water partition coefficient (Wildman–Crippen LogP) is 2.75. The van der Waals surface area contributed by atoms with Crippen LogP contribution in [0.5, 0.6) is 0 Å². The maximum atomic E-state index is 12.0. The van der Waals surface area contributed by atoms with Gasteiger partial charge in [-0.2, -0.15) is 5.26 Å². The summed E-state index contributed by atoms with van der Waals surface area (Å²) < 4.78 is 0. The van der Waals surface area contributed by atoms with Crippen molar-refractivity contribution >= 4 is 12.0 Å². The number of hydrogen-bond acceptors (Lipinski definition) is 3. The molecule has 0 unspecified atom stereocenters. The Morgan fingerprint density at radius 1 is 1.16 bits per heavy atom. The maximum Gasteiger partial charge on any atom is 0.244 e. The van der Waals surface area contributed by atoms with E-state index in [4.69, 9.17) is 5.26 Å². The van der Waals surface area contributed by atoms with Gasteiger partial charge in [-0.05, 0) is 35.3 Å². The number of nitrogens with one attached hydrogen (secondary N) is 1. The Balaban J connectivity index is 1.46. The molecule has 0 saturated carbocycles. The third kappa shape index (κ3) is 4.56. The zero-order chi connectivity index (χ0) is 17.5. The van der Waals surface area contributed by atoms with Crippen LogP contribution >= 0.6 is 0 Å². The van der Waals surface area contributed by atoms with E-state index >= 15 is 0 Å². The minimum Gasteiger partial charge on any atom is -0.351 e. The Morgan fingerprint density at radius 2 is 1.92 bits per heavy atom. The van der Waals surface area contributed by atoms with Crippen molar-refractivity contribution in [3.05, 3.63) is 76.9 Å². The Hall–Kier alpha value is -2.90. The molecule has 0 atom stereocenters. The molecule has 0 radical (unpaired) electrons. The van der Waals surface area contributed by atoms with Crippen molar-refractivity contribution in [3.63, 3.8) is 0 Å². The Bertz CT molecular complexity index is 820. The first-order valence-electron chi connectivity index (χ1n) is 8.50. The van der Waals surface area contributed by atoms with Crippen molar-refractivity contribution in [3.8, 4) is 6.07 Å². The topological polar surface area (TPSA) is 56.1 Å². The molecule has 25 heavy (non-hydrogen) atoms. The molecule has 0 bridgehead atoms. The molecule has 2 aromatic carbocycles. The summed E-state index contributed by atoms with van der Waals surface area (Å²) >= 11 is 0. The van der Waals surface area contributed by atoms with Crippen LogP contribution in [-0.4, -0.2) is 30.4 Å². The Labute approximate surface area is 148 Å². The molecule has 4 heteroatoms. The lowest BCUT2D eigenvalue weighted by atomic mass is 10.00. The predicted molar refractivity (Wildman–Crippen MR) is 98.6 cm³/mol. The van der Waals surface area contributed by atoms with Crippen molar-refractivity contribution in [1.82, 2.24) is 10.2 Å². The van der Waals surface area contributed by atoms with E-state index in [1.165, 1.54) is 17.2 Å². The van der Waals surface area contributed by atoms with Gasteiger partial charge in [-0.3, -0.25) is 9.69 Å². The van der Waals surface area contributed by atoms with Crippen LogP contribution in [0.3, 0.4) is 0 Å². The summed E-state index contributed by atoms with van der Waals surface area (Å²) in [4.78, 5) is 14.3. The van der Waals surface area contributed by atoms with Gasteiger partial charge in [0.05, 0.1) is 11.6 Å². The smallest absolute Gasteiger partial charge is 0.244 e. The number of carbonyl (C=O) groups is 1. The second-order valence-corrected chi connectivity index (χ2v) is 6.12. The molecule has 0 aliphatic carbocycles. The van der Waals surface area contributed by atoms with Gasteiger partial charge in [0, 0.05) is 32.3 Å². The van der Waals surface area contributed by atoms with Gasteiger partial charge in [0.2, 0.25) is 5.91 Å². The van der Waals surface area contributed by atoms with Gasteiger partial charge < -0.3 is 5.32 Å². The van der Waals surface area contributed by atoms with Crippen molar-refractivity contribution in [1.29, 1.82) is 5.26 Å². The molecule has 1 N–H and O–H groups in total. The quantitative estimate of drug-likeness (QED) is 0.857. The number of nitriles is 1. The molecule has 0 aromatic heterocycles. The van der Waals surface area contributed by atoms with Gasteiger partial charge in [-0.1, -0.05) is 42.5 Å². The monoisotopic (exact) mass is 331 g/mol. The standard InChI is InChI=1S/C21H21N3O/c22-15-19-7-3-1-5-17(19)9-10-21(25)23-12-14-24-13-11-18-6-2-4-8-20(18)16-24/h1-10H,11-14,16H2,(H,23,25)/b10-9-. The van der Waals surface area contributed by atoms with E-state index < -0.39 is 0 Å². The van der Waals surface area contributed by atoms with E-state index in [1.54, 1.807) is 12.1 Å². The van der Waals surface area contributed by atoms with E-state index in [-0.39, 0.29) is 5.91 Å². The summed E-state index contributed by atoms with van der Waals surface area (Å²) in [6.07, 6.45) is 4.24. The van der Waals surface area contributed by atoms with E-state index in [1.807, 2.05) is 18.2 Å². The fourth-order valence-electron chi connectivity index (χ4n) is 3.05. The second kappa shape index (κ2) is 8.27. The highest BCUT2D eigenvalue weighted by Crippen LogP contribution is 2.17. The molecule has 3 rings (SSSR count). The minimum atomic E-state index is -0.134. The molecular weight excluding hydrogens is 310 g/mol. The lowest BCUT2D eigenvalue weighted by molar-refractivity contribution is -0.116. The molecule has 1 heterocycles. The van der Waals surface area contributed by atoms with E-state index in [9.17, 15) is 4.79 Å². The number of hydrogen-bond donors (Lipinski definition) is 1. The van der Waals surface area contributed by atoms with Gasteiger partial charge in [0.1, 0.15) is 0 Å². The Kier molecular flexibility index (Phi) is 5.61. The number of nitrogens with zero attached hydrogens (tertiary/aromatic N) is 2. The van der Waals surface area contributed by atoms with Crippen LogP contribution in [0, 0.1) is 11.3 Å². The molecule has 1 amide bonds. The maximum absolute atomic E-state index is 12.0. The van der Waals surface area contributed by atoms with Gasteiger partial charge in [-0.15, -0.1) is 0 Å². The Morgan fingerprint density at radius 3 is 2.76 bits per heavy atom. The van der Waals surface area contributed by atoms with Crippen LogP contribution in [0.4, 0.5) is 0 Å². The summed E-state index contributed by atoms with van der Waals surface area (Å²) in [5.41, 5.74) is 4.14. The largest absolute Gasteiger partial charge is 0.351 e. The molecule has 126 valence electrons. The van der Waals surface area contributed by atoms with Crippen LogP contribution in [-0.2, 0) is 17.8 Å². The summed E-state index contributed by atoms with van der Waals surface area (Å²) in [6, 6.07) is 17.9. The molecule has 1 aliphatic rings. The summed E-state index contributed by atoms with van der Waals surface area (Å²) in [5, 5.41) is 12.0. The summed E-state index contributed by atoms with van der Waals surface area (Å²) in [5.74, 6) is -0.134. The fraction of sp³-hybridized carbons (Fsp3) is 0.238. The lowest BCUT2D eigenvalue weighted by Gasteiger charge is -2.28. The first kappa shape index (κ1) is 16.9. The minimum absolute atomic E-state index is 0.134. The molecular formula is C21H21N3O. The van der Waals surface area contributed by atoms with Gasteiger partial charge in [0.15, 0.2) is 0 Å². The highest BCUT2D eigenvalue weighted by atomic mass is 16.1. The number of carbonyl (C=O) groups excluding carboxylic acids is 1. The SMILES string of the molecule is N#Cc1ccccc1/C=C\C(=O)NCCN1CCc2ccccc2C1. The normalized spacial score (nSPS) is 14.0.